The first-order chi connectivity index (χ1) is 7.74. The van der Waals surface area contributed by atoms with Crippen LogP contribution in [0.4, 0.5) is 0 Å². The van der Waals surface area contributed by atoms with Gasteiger partial charge in [0.05, 0.1) is 0 Å². The predicted octanol–water partition coefficient (Wildman–Crippen LogP) is 2.85. The quantitative estimate of drug-likeness (QED) is 0.814. The molecule has 1 aromatic carbocycles. The van der Waals surface area contributed by atoms with Crippen molar-refractivity contribution in [2.24, 2.45) is 0 Å². The van der Waals surface area contributed by atoms with Gasteiger partial charge in [-0.25, -0.2) is 0 Å². The smallest absolute Gasteiger partial charge is 0.248 e. The van der Waals surface area contributed by atoms with Crippen LogP contribution in [-0.2, 0) is 0 Å². The lowest BCUT2D eigenvalue weighted by Crippen LogP contribution is -2.01. The van der Waals surface area contributed by atoms with E-state index in [1.165, 1.54) is 5.56 Å². The average Bonchev–Trinajstić information content (AvgIpc) is 2.28. The number of aryl methyl sites for hydroxylation is 1. The van der Waals surface area contributed by atoms with Gasteiger partial charge in [-0.2, -0.15) is 0 Å². The summed E-state index contributed by atoms with van der Waals surface area (Å²) in [6.07, 6.45) is 5.57. The second-order valence-electron chi connectivity index (χ2n) is 3.73. The van der Waals surface area contributed by atoms with Gasteiger partial charge in [0.15, 0.2) is 0 Å². The maximum Gasteiger partial charge on any atom is 0.248 e. The van der Waals surface area contributed by atoms with Crippen molar-refractivity contribution in [3.8, 4) is 0 Å². The predicted molar refractivity (Wildman–Crippen MR) is 67.2 cm³/mol. The SMILES string of the molecule is Cc1ccc(/C=C/c2cc[nH]c(=O)c2)cc1. The molecule has 2 rings (SSSR count). The number of aromatic amines is 1. The first-order valence-corrected chi connectivity index (χ1v) is 5.17. The number of aromatic nitrogens is 1. The van der Waals surface area contributed by atoms with E-state index in [1.807, 2.05) is 18.2 Å². The standard InChI is InChI=1S/C14H13NO/c1-11-2-4-12(5-3-11)6-7-13-8-9-15-14(16)10-13/h2-10H,1H3,(H,15,16)/b7-6+. The van der Waals surface area contributed by atoms with Gasteiger partial charge in [0.25, 0.3) is 0 Å². The Labute approximate surface area is 94.3 Å². The lowest BCUT2D eigenvalue weighted by Gasteiger charge is -1.95. The molecule has 1 aromatic heterocycles. The van der Waals surface area contributed by atoms with E-state index in [4.69, 9.17) is 0 Å². The van der Waals surface area contributed by atoms with Crippen molar-refractivity contribution in [1.29, 1.82) is 0 Å². The van der Waals surface area contributed by atoms with E-state index in [2.05, 4.69) is 36.2 Å². The maximum absolute atomic E-state index is 11.1. The molecule has 2 nitrogen and oxygen atoms in total. The van der Waals surface area contributed by atoms with E-state index in [0.29, 0.717) is 0 Å². The molecule has 1 heterocycles. The number of H-pyrrole nitrogens is 1. The molecule has 0 bridgehead atoms. The average molecular weight is 211 g/mol. The topological polar surface area (TPSA) is 32.9 Å². The van der Waals surface area contributed by atoms with Crippen LogP contribution in [0.2, 0.25) is 0 Å². The van der Waals surface area contributed by atoms with Gasteiger partial charge in [0, 0.05) is 12.3 Å². The Morgan fingerprint density at radius 1 is 1.00 bits per heavy atom. The van der Waals surface area contributed by atoms with Gasteiger partial charge >= 0.3 is 0 Å². The molecule has 0 atom stereocenters. The molecule has 0 amide bonds. The van der Waals surface area contributed by atoms with E-state index in [1.54, 1.807) is 12.3 Å². The fourth-order valence-electron chi connectivity index (χ4n) is 1.43. The lowest BCUT2D eigenvalue weighted by atomic mass is 10.1. The first kappa shape index (κ1) is 10.4. The molecule has 0 spiro atoms. The van der Waals surface area contributed by atoms with Crippen molar-refractivity contribution in [2.75, 3.05) is 0 Å². The minimum Gasteiger partial charge on any atom is -0.329 e. The molecule has 80 valence electrons. The number of hydrogen-bond acceptors (Lipinski definition) is 1. The largest absolute Gasteiger partial charge is 0.329 e. The Kier molecular flexibility index (Phi) is 3.01. The fourth-order valence-corrected chi connectivity index (χ4v) is 1.43. The van der Waals surface area contributed by atoms with Gasteiger partial charge in [0.2, 0.25) is 5.56 Å². The van der Waals surface area contributed by atoms with Crippen molar-refractivity contribution < 1.29 is 0 Å². The van der Waals surface area contributed by atoms with Gasteiger partial charge < -0.3 is 4.98 Å². The summed E-state index contributed by atoms with van der Waals surface area (Å²) >= 11 is 0. The van der Waals surface area contributed by atoms with Gasteiger partial charge in [-0.1, -0.05) is 42.0 Å². The summed E-state index contributed by atoms with van der Waals surface area (Å²) in [5.41, 5.74) is 3.20. The highest BCUT2D eigenvalue weighted by molar-refractivity contribution is 5.69. The first-order valence-electron chi connectivity index (χ1n) is 5.17. The summed E-state index contributed by atoms with van der Waals surface area (Å²) in [7, 11) is 0. The molecule has 2 heteroatoms. The van der Waals surface area contributed by atoms with Crippen molar-refractivity contribution >= 4 is 12.2 Å². The number of benzene rings is 1. The third-order valence-corrected chi connectivity index (χ3v) is 2.34. The zero-order valence-corrected chi connectivity index (χ0v) is 9.10. The van der Waals surface area contributed by atoms with Crippen LogP contribution in [0.3, 0.4) is 0 Å². The summed E-state index contributed by atoms with van der Waals surface area (Å²) in [5.74, 6) is 0. The van der Waals surface area contributed by atoms with Crippen LogP contribution in [0.25, 0.3) is 12.2 Å². The summed E-state index contributed by atoms with van der Waals surface area (Å²) in [4.78, 5) is 13.6. The van der Waals surface area contributed by atoms with Crippen molar-refractivity contribution in [3.63, 3.8) is 0 Å². The Morgan fingerprint density at radius 3 is 2.38 bits per heavy atom. The number of pyridine rings is 1. The zero-order chi connectivity index (χ0) is 11.4. The lowest BCUT2D eigenvalue weighted by molar-refractivity contribution is 1.23. The second kappa shape index (κ2) is 4.62. The number of hydrogen-bond donors (Lipinski definition) is 1. The number of rotatable bonds is 2. The molecule has 0 aliphatic rings. The molecule has 0 saturated heterocycles. The molecule has 0 fully saturated rings. The molecule has 0 aliphatic heterocycles. The van der Waals surface area contributed by atoms with Crippen molar-refractivity contribution in [2.45, 2.75) is 6.92 Å². The third kappa shape index (κ3) is 2.70. The molecule has 1 N–H and O–H groups in total. The highest BCUT2D eigenvalue weighted by atomic mass is 16.1. The van der Waals surface area contributed by atoms with Crippen molar-refractivity contribution in [1.82, 2.24) is 4.98 Å². The highest BCUT2D eigenvalue weighted by Gasteiger charge is 1.89. The summed E-state index contributed by atoms with van der Waals surface area (Å²) in [6, 6.07) is 11.7. The highest BCUT2D eigenvalue weighted by Crippen LogP contribution is 2.07. The Bertz CT molecular complexity index is 549. The zero-order valence-electron chi connectivity index (χ0n) is 9.10. The van der Waals surface area contributed by atoms with E-state index in [0.717, 1.165) is 11.1 Å². The van der Waals surface area contributed by atoms with Crippen LogP contribution >= 0.6 is 0 Å². The van der Waals surface area contributed by atoms with Crippen LogP contribution in [0.15, 0.2) is 47.4 Å². The normalized spacial score (nSPS) is 10.8. The molecular formula is C14H13NO. The Hall–Kier alpha value is -2.09. The maximum atomic E-state index is 11.1. The van der Waals surface area contributed by atoms with E-state index < -0.39 is 0 Å². The summed E-state index contributed by atoms with van der Waals surface area (Å²) in [5, 5.41) is 0. The van der Waals surface area contributed by atoms with Crippen LogP contribution in [0, 0.1) is 6.92 Å². The second-order valence-corrected chi connectivity index (χ2v) is 3.73. The summed E-state index contributed by atoms with van der Waals surface area (Å²) < 4.78 is 0. The fraction of sp³-hybridized carbons (Fsp3) is 0.0714. The molecule has 0 radical (unpaired) electrons. The van der Waals surface area contributed by atoms with Crippen LogP contribution < -0.4 is 5.56 Å². The minimum absolute atomic E-state index is 0.0777. The number of nitrogens with one attached hydrogen (secondary N) is 1. The van der Waals surface area contributed by atoms with E-state index in [9.17, 15) is 4.79 Å². The van der Waals surface area contributed by atoms with Gasteiger partial charge in [-0.3, -0.25) is 4.79 Å². The molecule has 16 heavy (non-hydrogen) atoms. The van der Waals surface area contributed by atoms with Crippen LogP contribution in [0.1, 0.15) is 16.7 Å². The minimum atomic E-state index is -0.0777. The van der Waals surface area contributed by atoms with Crippen LogP contribution in [-0.4, -0.2) is 4.98 Å². The monoisotopic (exact) mass is 211 g/mol. The third-order valence-electron chi connectivity index (χ3n) is 2.34. The molecule has 0 aliphatic carbocycles. The molecule has 0 saturated carbocycles. The van der Waals surface area contributed by atoms with E-state index >= 15 is 0 Å². The Morgan fingerprint density at radius 2 is 1.69 bits per heavy atom. The summed E-state index contributed by atoms with van der Waals surface area (Å²) in [6.45, 7) is 2.06. The molecular weight excluding hydrogens is 198 g/mol. The van der Waals surface area contributed by atoms with E-state index in [-0.39, 0.29) is 5.56 Å². The Balaban J connectivity index is 2.21. The van der Waals surface area contributed by atoms with Gasteiger partial charge in [0.1, 0.15) is 0 Å². The molecule has 0 unspecified atom stereocenters. The van der Waals surface area contributed by atoms with Crippen molar-refractivity contribution in [3.05, 3.63) is 69.6 Å². The van der Waals surface area contributed by atoms with Gasteiger partial charge in [-0.15, -0.1) is 0 Å². The van der Waals surface area contributed by atoms with Gasteiger partial charge in [-0.05, 0) is 24.1 Å². The van der Waals surface area contributed by atoms with Crippen LogP contribution in [0.5, 0.6) is 0 Å². The molecule has 2 aromatic rings.